The molecule has 0 aliphatic heterocycles. The molecule has 2 N–H and O–H groups in total. The Morgan fingerprint density at radius 2 is 2.19 bits per heavy atom. The van der Waals surface area contributed by atoms with E-state index in [1.54, 1.807) is 6.07 Å². The molecule has 0 aliphatic carbocycles. The molecular weight excluding hydrogens is 307 g/mol. The van der Waals surface area contributed by atoms with Crippen LogP contribution in [0.4, 0.5) is 15.1 Å². The summed E-state index contributed by atoms with van der Waals surface area (Å²) >= 11 is 2.91. The predicted octanol–water partition coefficient (Wildman–Crippen LogP) is 4.03. The van der Waals surface area contributed by atoms with Crippen molar-refractivity contribution in [3.63, 3.8) is 0 Å². The molecule has 0 unspecified atom stereocenters. The number of halogens is 1. The molecule has 2 aromatic rings. The third kappa shape index (κ3) is 3.39. The fourth-order valence-corrected chi connectivity index (χ4v) is 4.17. The number of thioether (sulfide) groups is 1. The minimum absolute atomic E-state index is 0.0294. The second-order valence-electron chi connectivity index (χ2n) is 4.73. The molecule has 1 aromatic carbocycles. The summed E-state index contributed by atoms with van der Waals surface area (Å²) < 4.78 is 13.3. The zero-order valence-corrected chi connectivity index (χ0v) is 13.8. The minimum atomic E-state index is -0.249. The van der Waals surface area contributed by atoms with Crippen LogP contribution in [0, 0.1) is 5.82 Å². The number of anilines is 2. The lowest BCUT2D eigenvalue weighted by Gasteiger charge is -2.19. The van der Waals surface area contributed by atoms with Crippen molar-refractivity contribution in [3.8, 4) is 0 Å². The molecule has 1 heterocycles. The molecule has 6 heteroatoms. The number of carbonyl (C=O) groups excluding carboxylic acids is 1. The van der Waals surface area contributed by atoms with Crippen molar-refractivity contribution in [2.45, 2.75) is 18.4 Å². The van der Waals surface area contributed by atoms with E-state index in [4.69, 9.17) is 5.73 Å². The SMILES string of the molecule is CSc1c(N(C)Cc2cccc(F)c2)sc(C(C)=O)c1N. The second kappa shape index (κ2) is 6.49. The summed E-state index contributed by atoms with van der Waals surface area (Å²) in [5.41, 5.74) is 7.47. The Labute approximate surface area is 132 Å². The topological polar surface area (TPSA) is 46.3 Å². The zero-order valence-electron chi connectivity index (χ0n) is 12.1. The highest BCUT2D eigenvalue weighted by Crippen LogP contribution is 2.43. The molecule has 0 atom stereocenters. The van der Waals surface area contributed by atoms with Crippen LogP contribution in [0.3, 0.4) is 0 Å². The van der Waals surface area contributed by atoms with Gasteiger partial charge in [-0.15, -0.1) is 23.1 Å². The molecular formula is C15H17FN2OS2. The molecule has 0 saturated carbocycles. The average Bonchev–Trinajstić information content (AvgIpc) is 2.75. The number of nitrogen functional groups attached to an aromatic ring is 1. The average molecular weight is 324 g/mol. The molecule has 0 spiro atoms. The fraction of sp³-hybridized carbons (Fsp3) is 0.267. The lowest BCUT2D eigenvalue weighted by atomic mass is 10.2. The lowest BCUT2D eigenvalue weighted by molar-refractivity contribution is 0.102. The highest BCUT2D eigenvalue weighted by atomic mass is 32.2. The normalized spacial score (nSPS) is 10.7. The van der Waals surface area contributed by atoms with Gasteiger partial charge in [0.15, 0.2) is 5.78 Å². The Kier molecular flexibility index (Phi) is 4.90. The number of hydrogen-bond donors (Lipinski definition) is 1. The van der Waals surface area contributed by atoms with Crippen LogP contribution < -0.4 is 10.6 Å². The van der Waals surface area contributed by atoms with Gasteiger partial charge in [0, 0.05) is 20.5 Å². The first-order chi connectivity index (χ1) is 9.93. The lowest BCUT2D eigenvalue weighted by Crippen LogP contribution is -2.15. The summed E-state index contributed by atoms with van der Waals surface area (Å²) in [5.74, 6) is -0.278. The Morgan fingerprint density at radius 3 is 2.76 bits per heavy atom. The van der Waals surface area contributed by atoms with E-state index in [0.29, 0.717) is 17.1 Å². The van der Waals surface area contributed by atoms with Crippen molar-refractivity contribution in [2.24, 2.45) is 0 Å². The van der Waals surface area contributed by atoms with Gasteiger partial charge in [0.05, 0.1) is 15.5 Å². The van der Waals surface area contributed by atoms with Gasteiger partial charge in [-0.3, -0.25) is 4.79 Å². The quantitative estimate of drug-likeness (QED) is 0.666. The van der Waals surface area contributed by atoms with E-state index in [1.165, 1.54) is 42.2 Å². The molecule has 0 aliphatic rings. The highest BCUT2D eigenvalue weighted by molar-refractivity contribution is 7.99. The van der Waals surface area contributed by atoms with Crippen LogP contribution in [0.5, 0.6) is 0 Å². The number of hydrogen-bond acceptors (Lipinski definition) is 5. The number of nitrogens with zero attached hydrogens (tertiary/aromatic N) is 1. The van der Waals surface area contributed by atoms with Crippen LogP contribution in [0.2, 0.25) is 0 Å². The Hall–Kier alpha value is -1.53. The van der Waals surface area contributed by atoms with E-state index in [9.17, 15) is 9.18 Å². The van der Waals surface area contributed by atoms with Crippen LogP contribution in [0.25, 0.3) is 0 Å². The highest BCUT2D eigenvalue weighted by Gasteiger charge is 2.20. The maximum Gasteiger partial charge on any atom is 0.171 e. The van der Waals surface area contributed by atoms with Gasteiger partial charge in [0.1, 0.15) is 10.8 Å². The van der Waals surface area contributed by atoms with Gasteiger partial charge >= 0.3 is 0 Å². The summed E-state index contributed by atoms with van der Waals surface area (Å²) in [5, 5.41) is 0.939. The van der Waals surface area contributed by atoms with Crippen LogP contribution in [0.15, 0.2) is 29.2 Å². The largest absolute Gasteiger partial charge is 0.396 e. The van der Waals surface area contributed by atoms with Crippen molar-refractivity contribution in [2.75, 3.05) is 23.9 Å². The van der Waals surface area contributed by atoms with Crippen molar-refractivity contribution in [1.82, 2.24) is 0 Å². The molecule has 0 radical (unpaired) electrons. The molecule has 3 nitrogen and oxygen atoms in total. The van der Waals surface area contributed by atoms with E-state index in [1.807, 2.05) is 24.3 Å². The number of benzene rings is 1. The molecule has 0 bridgehead atoms. The van der Waals surface area contributed by atoms with Crippen molar-refractivity contribution in [3.05, 3.63) is 40.5 Å². The van der Waals surface area contributed by atoms with Gasteiger partial charge in [-0.2, -0.15) is 0 Å². The van der Waals surface area contributed by atoms with Crippen molar-refractivity contribution >= 4 is 39.6 Å². The van der Waals surface area contributed by atoms with Crippen LogP contribution in [0.1, 0.15) is 22.2 Å². The zero-order chi connectivity index (χ0) is 15.6. The standard InChI is InChI=1S/C15H17FN2OS2/c1-9(19)13-12(17)14(20-3)15(21-13)18(2)8-10-5-4-6-11(16)7-10/h4-7H,8,17H2,1-3H3. The molecule has 0 fully saturated rings. The first-order valence-corrected chi connectivity index (χ1v) is 8.41. The molecule has 1 aromatic heterocycles. The van der Waals surface area contributed by atoms with Gasteiger partial charge in [0.2, 0.25) is 0 Å². The number of nitrogens with two attached hydrogens (primary N) is 1. The van der Waals surface area contributed by atoms with Crippen LogP contribution in [-0.4, -0.2) is 19.1 Å². The van der Waals surface area contributed by atoms with E-state index in [0.717, 1.165) is 15.5 Å². The second-order valence-corrected chi connectivity index (χ2v) is 6.54. The first kappa shape index (κ1) is 15.9. The maximum absolute atomic E-state index is 13.3. The number of ketones is 1. The van der Waals surface area contributed by atoms with Gasteiger partial charge < -0.3 is 10.6 Å². The number of Topliss-reactive ketones (excluding diaryl/α,β-unsaturated/α-hetero) is 1. The van der Waals surface area contributed by atoms with E-state index in [-0.39, 0.29) is 11.6 Å². The molecule has 21 heavy (non-hydrogen) atoms. The smallest absolute Gasteiger partial charge is 0.171 e. The first-order valence-electron chi connectivity index (χ1n) is 6.36. The van der Waals surface area contributed by atoms with Gasteiger partial charge in [0.25, 0.3) is 0 Å². The molecule has 0 amide bonds. The summed E-state index contributed by atoms with van der Waals surface area (Å²) in [4.78, 5) is 15.1. The fourth-order valence-electron chi connectivity index (χ4n) is 2.11. The van der Waals surface area contributed by atoms with Gasteiger partial charge in [-0.1, -0.05) is 12.1 Å². The number of carbonyl (C=O) groups is 1. The summed E-state index contributed by atoms with van der Waals surface area (Å²) in [6, 6.07) is 6.50. The van der Waals surface area contributed by atoms with Crippen LogP contribution in [-0.2, 0) is 6.54 Å². The van der Waals surface area contributed by atoms with E-state index >= 15 is 0 Å². The number of thiophene rings is 1. The summed E-state index contributed by atoms with van der Waals surface area (Å²) in [6.07, 6.45) is 1.93. The third-order valence-electron chi connectivity index (χ3n) is 3.06. The summed E-state index contributed by atoms with van der Waals surface area (Å²) in [7, 11) is 1.92. The molecule has 112 valence electrons. The predicted molar refractivity (Wildman–Crippen MR) is 89.0 cm³/mol. The Morgan fingerprint density at radius 1 is 1.48 bits per heavy atom. The Bertz CT molecular complexity index is 670. The van der Waals surface area contributed by atoms with E-state index < -0.39 is 0 Å². The van der Waals surface area contributed by atoms with Crippen molar-refractivity contribution in [1.29, 1.82) is 0 Å². The third-order valence-corrected chi connectivity index (χ3v) is 5.43. The number of rotatable bonds is 5. The van der Waals surface area contributed by atoms with Crippen molar-refractivity contribution < 1.29 is 9.18 Å². The van der Waals surface area contributed by atoms with Gasteiger partial charge in [-0.25, -0.2) is 4.39 Å². The minimum Gasteiger partial charge on any atom is -0.396 e. The Balaban J connectivity index is 2.32. The monoisotopic (exact) mass is 324 g/mol. The summed E-state index contributed by atoms with van der Waals surface area (Å²) in [6.45, 7) is 2.07. The van der Waals surface area contributed by atoms with Gasteiger partial charge in [-0.05, 0) is 24.0 Å². The molecule has 2 rings (SSSR count). The maximum atomic E-state index is 13.3. The van der Waals surface area contributed by atoms with Crippen LogP contribution >= 0.6 is 23.1 Å². The molecule has 0 saturated heterocycles. The van der Waals surface area contributed by atoms with E-state index in [2.05, 4.69) is 0 Å².